The monoisotopic (exact) mass is 407 g/mol. The molecule has 0 aromatic heterocycles. The molecule has 3 rings (SSSR count). The molecule has 156 valence electrons. The second-order valence-electron chi connectivity index (χ2n) is 7.22. The molecule has 0 N–H and O–H groups in total. The Bertz CT molecular complexity index is 928. The van der Waals surface area contributed by atoms with E-state index in [0.717, 1.165) is 0 Å². The van der Waals surface area contributed by atoms with Crippen LogP contribution in [0.4, 0.5) is 0 Å². The van der Waals surface area contributed by atoms with Crippen molar-refractivity contribution in [3.05, 3.63) is 59.7 Å². The number of carbonyl (C=O) groups excluding carboxylic acids is 2. The van der Waals surface area contributed by atoms with Crippen molar-refractivity contribution in [3.8, 4) is 17.6 Å². The van der Waals surface area contributed by atoms with Crippen molar-refractivity contribution in [2.45, 2.75) is 19.4 Å². The minimum Gasteiger partial charge on any atom is -0.469 e. The Kier molecular flexibility index (Phi) is 7.04. The minimum absolute atomic E-state index is 0.0412. The highest BCUT2D eigenvalue weighted by Crippen LogP contribution is 2.23. The summed E-state index contributed by atoms with van der Waals surface area (Å²) >= 11 is 0. The third-order valence-electron chi connectivity index (χ3n) is 5.21. The first-order valence-corrected chi connectivity index (χ1v) is 9.88. The number of nitrogens with zero attached hydrogens (tertiary/aromatic N) is 3. The first-order valence-electron chi connectivity index (χ1n) is 9.88. The van der Waals surface area contributed by atoms with Crippen LogP contribution in [-0.2, 0) is 9.53 Å². The van der Waals surface area contributed by atoms with E-state index < -0.39 is 0 Å². The van der Waals surface area contributed by atoms with E-state index >= 15 is 0 Å². The quantitative estimate of drug-likeness (QED) is 0.685. The smallest absolute Gasteiger partial charge is 0.307 e. The SMILES string of the molecule is COC(=O)C[C@@H](C)N1CCN(C(=O)c2cccc(Oc3ccc(C#N)cc3)c2)CC1. The summed E-state index contributed by atoms with van der Waals surface area (Å²) in [4.78, 5) is 28.4. The fraction of sp³-hybridized carbons (Fsp3) is 0.348. The van der Waals surface area contributed by atoms with E-state index in [-0.39, 0.29) is 17.9 Å². The van der Waals surface area contributed by atoms with Crippen LogP contribution in [0.5, 0.6) is 11.5 Å². The molecule has 0 radical (unpaired) electrons. The number of piperazine rings is 1. The summed E-state index contributed by atoms with van der Waals surface area (Å²) in [6.45, 7) is 4.63. The zero-order valence-electron chi connectivity index (χ0n) is 17.2. The maximum absolute atomic E-state index is 12.9. The molecule has 0 saturated carbocycles. The molecule has 1 aliphatic rings. The fourth-order valence-electron chi connectivity index (χ4n) is 3.43. The van der Waals surface area contributed by atoms with Crippen molar-refractivity contribution >= 4 is 11.9 Å². The number of esters is 1. The van der Waals surface area contributed by atoms with E-state index in [9.17, 15) is 9.59 Å². The Morgan fingerprint density at radius 1 is 1.07 bits per heavy atom. The van der Waals surface area contributed by atoms with Crippen molar-refractivity contribution in [1.82, 2.24) is 9.80 Å². The number of hydrogen-bond donors (Lipinski definition) is 0. The zero-order chi connectivity index (χ0) is 21.5. The van der Waals surface area contributed by atoms with E-state index in [1.807, 2.05) is 11.8 Å². The largest absolute Gasteiger partial charge is 0.469 e. The molecule has 2 aromatic rings. The normalized spacial score (nSPS) is 15.2. The molecular weight excluding hydrogens is 382 g/mol. The standard InChI is InChI=1S/C23H25N3O4/c1-17(14-22(27)29-2)25-10-12-26(13-11-25)23(28)19-4-3-5-21(15-19)30-20-8-6-18(16-24)7-9-20/h3-9,15,17H,10-14H2,1-2H3/t17-/m1/s1. The molecule has 2 aromatic carbocycles. The predicted octanol–water partition coefficient (Wildman–Crippen LogP) is 3.06. The van der Waals surface area contributed by atoms with Gasteiger partial charge in [-0.25, -0.2) is 0 Å². The Balaban J connectivity index is 1.59. The van der Waals surface area contributed by atoms with Crippen molar-refractivity contribution in [3.63, 3.8) is 0 Å². The average molecular weight is 407 g/mol. The van der Waals surface area contributed by atoms with Gasteiger partial charge in [-0.3, -0.25) is 14.5 Å². The van der Waals surface area contributed by atoms with Gasteiger partial charge in [0.25, 0.3) is 5.91 Å². The van der Waals surface area contributed by atoms with Crippen LogP contribution < -0.4 is 4.74 Å². The zero-order valence-corrected chi connectivity index (χ0v) is 17.2. The van der Waals surface area contributed by atoms with Crippen LogP contribution in [0.25, 0.3) is 0 Å². The number of benzene rings is 2. The van der Waals surface area contributed by atoms with Gasteiger partial charge in [0.1, 0.15) is 11.5 Å². The van der Waals surface area contributed by atoms with Gasteiger partial charge >= 0.3 is 5.97 Å². The Labute approximate surface area is 176 Å². The third kappa shape index (κ3) is 5.37. The highest BCUT2D eigenvalue weighted by Gasteiger charge is 2.26. The number of nitriles is 1. The second-order valence-corrected chi connectivity index (χ2v) is 7.22. The van der Waals surface area contributed by atoms with Crippen molar-refractivity contribution < 1.29 is 19.1 Å². The van der Waals surface area contributed by atoms with Gasteiger partial charge in [0.2, 0.25) is 0 Å². The lowest BCUT2D eigenvalue weighted by molar-refractivity contribution is -0.142. The van der Waals surface area contributed by atoms with Gasteiger partial charge in [-0.2, -0.15) is 5.26 Å². The van der Waals surface area contributed by atoms with Crippen LogP contribution in [0.2, 0.25) is 0 Å². The van der Waals surface area contributed by atoms with Gasteiger partial charge in [0.05, 0.1) is 25.2 Å². The number of hydrogen-bond acceptors (Lipinski definition) is 6. The highest BCUT2D eigenvalue weighted by atomic mass is 16.5. The third-order valence-corrected chi connectivity index (χ3v) is 5.21. The van der Waals surface area contributed by atoms with Gasteiger partial charge in [0, 0.05) is 37.8 Å². The van der Waals surface area contributed by atoms with Crippen molar-refractivity contribution in [2.75, 3.05) is 33.3 Å². The maximum atomic E-state index is 12.9. The molecule has 1 heterocycles. The van der Waals surface area contributed by atoms with E-state index in [4.69, 9.17) is 14.7 Å². The van der Waals surface area contributed by atoms with Crippen LogP contribution in [0.15, 0.2) is 48.5 Å². The van der Waals surface area contributed by atoms with Gasteiger partial charge in [-0.1, -0.05) is 6.07 Å². The number of methoxy groups -OCH3 is 1. The van der Waals surface area contributed by atoms with Crippen LogP contribution in [0, 0.1) is 11.3 Å². The van der Waals surface area contributed by atoms with Crippen LogP contribution in [0.3, 0.4) is 0 Å². The number of rotatable bonds is 6. The van der Waals surface area contributed by atoms with Gasteiger partial charge in [-0.15, -0.1) is 0 Å². The Morgan fingerprint density at radius 3 is 2.40 bits per heavy atom. The second kappa shape index (κ2) is 9.90. The predicted molar refractivity (Wildman–Crippen MR) is 111 cm³/mol. The fourth-order valence-corrected chi connectivity index (χ4v) is 3.43. The lowest BCUT2D eigenvalue weighted by atomic mass is 10.1. The molecule has 0 bridgehead atoms. The minimum atomic E-state index is -0.222. The number of ether oxygens (including phenoxy) is 2. The van der Waals surface area contributed by atoms with Crippen LogP contribution >= 0.6 is 0 Å². The molecule has 1 saturated heterocycles. The van der Waals surface area contributed by atoms with Gasteiger partial charge < -0.3 is 14.4 Å². The Hall–Kier alpha value is -3.37. The summed E-state index contributed by atoms with van der Waals surface area (Å²) in [5, 5.41) is 8.88. The highest BCUT2D eigenvalue weighted by molar-refractivity contribution is 5.94. The summed E-state index contributed by atoms with van der Waals surface area (Å²) < 4.78 is 10.6. The number of amides is 1. The molecule has 0 unspecified atom stereocenters. The molecule has 30 heavy (non-hydrogen) atoms. The molecule has 1 atom stereocenters. The first kappa shape index (κ1) is 21.3. The van der Waals surface area contributed by atoms with E-state index in [2.05, 4.69) is 11.0 Å². The molecule has 7 nitrogen and oxygen atoms in total. The molecule has 1 fully saturated rings. The number of carbonyl (C=O) groups is 2. The van der Waals surface area contributed by atoms with Crippen LogP contribution in [-0.4, -0.2) is 61.0 Å². The van der Waals surface area contributed by atoms with Gasteiger partial charge in [-0.05, 0) is 49.4 Å². The molecule has 7 heteroatoms. The molecule has 0 aliphatic carbocycles. The molecule has 0 spiro atoms. The summed E-state index contributed by atoms with van der Waals surface area (Å²) in [6, 6.07) is 16.1. The maximum Gasteiger partial charge on any atom is 0.307 e. The lowest BCUT2D eigenvalue weighted by Gasteiger charge is -2.37. The summed E-state index contributed by atoms with van der Waals surface area (Å²) in [5.74, 6) is 0.906. The molecule has 1 amide bonds. The summed E-state index contributed by atoms with van der Waals surface area (Å²) in [5.41, 5.74) is 1.13. The summed E-state index contributed by atoms with van der Waals surface area (Å²) in [7, 11) is 1.39. The van der Waals surface area contributed by atoms with E-state index in [1.54, 1.807) is 48.5 Å². The summed E-state index contributed by atoms with van der Waals surface area (Å²) in [6.07, 6.45) is 0.346. The van der Waals surface area contributed by atoms with E-state index in [0.29, 0.717) is 55.2 Å². The van der Waals surface area contributed by atoms with Crippen LogP contribution in [0.1, 0.15) is 29.3 Å². The van der Waals surface area contributed by atoms with E-state index in [1.165, 1.54) is 7.11 Å². The lowest BCUT2D eigenvalue weighted by Crippen LogP contribution is -2.51. The molecular formula is C23H25N3O4. The van der Waals surface area contributed by atoms with Crippen molar-refractivity contribution in [2.24, 2.45) is 0 Å². The first-order chi connectivity index (χ1) is 14.5. The van der Waals surface area contributed by atoms with Gasteiger partial charge in [0.15, 0.2) is 0 Å². The van der Waals surface area contributed by atoms with Crippen molar-refractivity contribution in [1.29, 1.82) is 5.26 Å². The molecule has 1 aliphatic heterocycles. The topological polar surface area (TPSA) is 82.9 Å². The average Bonchev–Trinajstić information content (AvgIpc) is 2.79. The Morgan fingerprint density at radius 2 is 1.77 bits per heavy atom.